The van der Waals surface area contributed by atoms with Gasteiger partial charge in [0, 0.05) is 5.69 Å². The number of para-hydroxylation sites is 1. The largest absolute Gasteiger partial charge is 0.497 e. The molecular weight excluding hydrogens is 306 g/mol. The molecule has 0 aliphatic heterocycles. The molecule has 2 rings (SSSR count). The third-order valence-electron chi connectivity index (χ3n) is 3.99. The number of methoxy groups -OCH3 is 1. The fourth-order valence-electron chi connectivity index (χ4n) is 2.44. The van der Waals surface area contributed by atoms with Crippen molar-refractivity contribution in [1.29, 1.82) is 0 Å². The average molecular weight is 327 g/mol. The zero-order chi connectivity index (χ0) is 17.5. The van der Waals surface area contributed by atoms with Gasteiger partial charge in [0.25, 0.3) is 0 Å². The third kappa shape index (κ3) is 4.59. The molecule has 5 nitrogen and oxygen atoms in total. The summed E-state index contributed by atoms with van der Waals surface area (Å²) in [5, 5.41) is 12.1. The van der Waals surface area contributed by atoms with Crippen LogP contribution in [0.15, 0.2) is 54.6 Å². The Morgan fingerprint density at radius 3 is 2.25 bits per heavy atom. The van der Waals surface area contributed by atoms with E-state index >= 15 is 0 Å². The first-order valence-electron chi connectivity index (χ1n) is 7.73. The normalized spacial score (nSPS) is 12.9. The van der Waals surface area contributed by atoms with Crippen LogP contribution in [-0.4, -0.2) is 24.1 Å². The molecule has 0 aliphatic carbocycles. The van der Waals surface area contributed by atoms with E-state index in [0.29, 0.717) is 12.1 Å². The fourth-order valence-corrected chi connectivity index (χ4v) is 2.44. The highest BCUT2D eigenvalue weighted by molar-refractivity contribution is 5.95. The van der Waals surface area contributed by atoms with Crippen LogP contribution in [0.25, 0.3) is 0 Å². The van der Waals surface area contributed by atoms with Crippen LogP contribution in [0.2, 0.25) is 0 Å². The summed E-state index contributed by atoms with van der Waals surface area (Å²) in [5.41, 5.74) is 1.54. The number of hydrogen-bond donors (Lipinski definition) is 2. The number of benzene rings is 2. The summed E-state index contributed by atoms with van der Waals surface area (Å²) in [5.74, 6) is -2.04. The lowest BCUT2D eigenvalue weighted by Gasteiger charge is -2.20. The van der Waals surface area contributed by atoms with Crippen molar-refractivity contribution in [3.63, 3.8) is 0 Å². The zero-order valence-corrected chi connectivity index (χ0v) is 13.7. The maximum absolute atomic E-state index is 12.6. The van der Waals surface area contributed by atoms with E-state index in [2.05, 4.69) is 5.32 Å². The molecule has 5 heteroatoms. The summed E-state index contributed by atoms with van der Waals surface area (Å²) in [7, 11) is 1.58. The molecule has 0 saturated heterocycles. The van der Waals surface area contributed by atoms with E-state index in [9.17, 15) is 14.7 Å². The molecule has 0 saturated carbocycles. The van der Waals surface area contributed by atoms with Gasteiger partial charge in [-0.2, -0.15) is 0 Å². The summed E-state index contributed by atoms with van der Waals surface area (Å²) >= 11 is 0. The number of carboxylic acids is 1. The molecular formula is C19H21NO4. The molecule has 0 aliphatic rings. The van der Waals surface area contributed by atoms with Crippen LogP contribution in [0.3, 0.4) is 0 Å². The van der Waals surface area contributed by atoms with Gasteiger partial charge >= 0.3 is 5.97 Å². The molecule has 0 bridgehead atoms. The van der Waals surface area contributed by atoms with E-state index in [1.165, 1.54) is 0 Å². The molecule has 0 aromatic heterocycles. The second kappa shape index (κ2) is 8.15. The van der Waals surface area contributed by atoms with Crippen molar-refractivity contribution in [3.05, 3.63) is 60.2 Å². The molecule has 0 heterocycles. The SMILES string of the molecule is COc1ccc(C[C@@H](C(=O)Nc2ccccc2)[C@@H](C)C(=O)O)cc1. The molecule has 2 atom stereocenters. The number of anilines is 1. The van der Waals surface area contributed by atoms with Crippen LogP contribution in [0.4, 0.5) is 5.69 Å². The highest BCUT2D eigenvalue weighted by Gasteiger charge is 2.30. The molecule has 0 fully saturated rings. The second-order valence-corrected chi connectivity index (χ2v) is 5.64. The lowest BCUT2D eigenvalue weighted by molar-refractivity contribution is -0.145. The lowest BCUT2D eigenvalue weighted by Crippen LogP contribution is -2.33. The number of hydrogen-bond acceptors (Lipinski definition) is 3. The van der Waals surface area contributed by atoms with Gasteiger partial charge in [0.15, 0.2) is 0 Å². The van der Waals surface area contributed by atoms with Crippen molar-refractivity contribution >= 4 is 17.6 Å². The quantitative estimate of drug-likeness (QED) is 0.819. The minimum Gasteiger partial charge on any atom is -0.497 e. The molecule has 0 spiro atoms. The second-order valence-electron chi connectivity index (χ2n) is 5.64. The highest BCUT2D eigenvalue weighted by Crippen LogP contribution is 2.22. The Hall–Kier alpha value is -2.82. The van der Waals surface area contributed by atoms with Crippen molar-refractivity contribution in [2.75, 3.05) is 12.4 Å². The van der Waals surface area contributed by atoms with Crippen LogP contribution in [-0.2, 0) is 16.0 Å². The van der Waals surface area contributed by atoms with E-state index in [0.717, 1.165) is 11.3 Å². The van der Waals surface area contributed by atoms with Gasteiger partial charge in [0.2, 0.25) is 5.91 Å². The topological polar surface area (TPSA) is 75.6 Å². The Labute approximate surface area is 141 Å². The van der Waals surface area contributed by atoms with Crippen molar-refractivity contribution in [2.45, 2.75) is 13.3 Å². The molecule has 24 heavy (non-hydrogen) atoms. The maximum Gasteiger partial charge on any atom is 0.307 e. The van der Waals surface area contributed by atoms with E-state index in [1.54, 1.807) is 38.3 Å². The van der Waals surface area contributed by atoms with Gasteiger partial charge in [-0.25, -0.2) is 0 Å². The predicted octanol–water partition coefficient (Wildman–Crippen LogP) is 3.21. The molecule has 2 aromatic rings. The molecule has 126 valence electrons. The number of carbonyl (C=O) groups excluding carboxylic acids is 1. The van der Waals surface area contributed by atoms with Gasteiger partial charge in [0.1, 0.15) is 5.75 Å². The maximum atomic E-state index is 12.6. The molecule has 0 radical (unpaired) electrons. The van der Waals surface area contributed by atoms with Crippen LogP contribution >= 0.6 is 0 Å². The monoisotopic (exact) mass is 327 g/mol. The molecule has 1 amide bonds. The molecule has 2 N–H and O–H groups in total. The van der Waals surface area contributed by atoms with Gasteiger partial charge in [-0.1, -0.05) is 37.3 Å². The summed E-state index contributed by atoms with van der Waals surface area (Å²) < 4.78 is 5.11. The summed E-state index contributed by atoms with van der Waals surface area (Å²) in [6.07, 6.45) is 0.343. The highest BCUT2D eigenvalue weighted by atomic mass is 16.5. The number of amides is 1. The summed E-state index contributed by atoms with van der Waals surface area (Å²) in [6.45, 7) is 1.56. The standard InChI is InChI=1S/C19H21NO4/c1-13(19(22)23)17(12-14-8-10-16(24-2)11-9-14)18(21)20-15-6-4-3-5-7-15/h3-11,13,17H,12H2,1-2H3,(H,20,21)(H,22,23)/t13-,17-/m1/s1. The molecule has 0 unspecified atom stereocenters. The molecule has 2 aromatic carbocycles. The van der Waals surface area contributed by atoms with Crippen LogP contribution < -0.4 is 10.1 Å². The Morgan fingerprint density at radius 2 is 1.71 bits per heavy atom. The third-order valence-corrected chi connectivity index (χ3v) is 3.99. The first-order valence-corrected chi connectivity index (χ1v) is 7.73. The summed E-state index contributed by atoms with van der Waals surface area (Å²) in [4.78, 5) is 24.0. The Balaban J connectivity index is 2.17. The minimum absolute atomic E-state index is 0.299. The van der Waals surface area contributed by atoms with Crippen molar-refractivity contribution in [2.24, 2.45) is 11.8 Å². The van der Waals surface area contributed by atoms with Crippen molar-refractivity contribution in [3.8, 4) is 5.75 Å². The summed E-state index contributed by atoms with van der Waals surface area (Å²) in [6, 6.07) is 16.3. The zero-order valence-electron chi connectivity index (χ0n) is 13.7. The number of rotatable bonds is 7. The van der Waals surface area contributed by atoms with Crippen LogP contribution in [0.1, 0.15) is 12.5 Å². The van der Waals surface area contributed by atoms with Crippen LogP contribution in [0.5, 0.6) is 5.75 Å². The van der Waals surface area contributed by atoms with Gasteiger partial charge in [-0.3, -0.25) is 9.59 Å². The van der Waals surface area contributed by atoms with E-state index in [1.807, 2.05) is 30.3 Å². The number of ether oxygens (including phenoxy) is 1. The first kappa shape index (κ1) is 17.5. The minimum atomic E-state index is -0.989. The van der Waals surface area contributed by atoms with E-state index in [4.69, 9.17) is 4.74 Å². The van der Waals surface area contributed by atoms with Gasteiger partial charge < -0.3 is 15.2 Å². The lowest BCUT2D eigenvalue weighted by atomic mass is 9.87. The Kier molecular flexibility index (Phi) is 5.95. The van der Waals surface area contributed by atoms with E-state index in [-0.39, 0.29) is 5.91 Å². The predicted molar refractivity (Wildman–Crippen MR) is 92.1 cm³/mol. The number of aliphatic carboxylic acids is 1. The number of carbonyl (C=O) groups is 2. The Bertz CT molecular complexity index is 682. The van der Waals surface area contributed by atoms with Crippen molar-refractivity contribution in [1.82, 2.24) is 0 Å². The fraction of sp³-hybridized carbons (Fsp3) is 0.263. The van der Waals surface area contributed by atoms with Gasteiger partial charge in [-0.15, -0.1) is 0 Å². The smallest absolute Gasteiger partial charge is 0.307 e. The van der Waals surface area contributed by atoms with E-state index < -0.39 is 17.8 Å². The van der Waals surface area contributed by atoms with Crippen molar-refractivity contribution < 1.29 is 19.4 Å². The van der Waals surface area contributed by atoms with Gasteiger partial charge in [-0.05, 0) is 36.2 Å². The van der Waals surface area contributed by atoms with Crippen LogP contribution in [0, 0.1) is 11.8 Å². The number of nitrogens with one attached hydrogen (secondary N) is 1. The number of carboxylic acid groups (broad SMARTS) is 1. The first-order chi connectivity index (χ1) is 11.5. The average Bonchev–Trinajstić information content (AvgIpc) is 2.60. The Morgan fingerprint density at radius 1 is 1.08 bits per heavy atom. The van der Waals surface area contributed by atoms with Gasteiger partial charge in [0.05, 0.1) is 18.9 Å².